The van der Waals surface area contributed by atoms with Gasteiger partial charge in [0.25, 0.3) is 5.91 Å². The molecule has 2 aliphatic heterocycles. The second kappa shape index (κ2) is 17.3. The molecule has 0 bridgehead atoms. The van der Waals surface area contributed by atoms with Crippen molar-refractivity contribution in [2.45, 2.75) is 92.9 Å². The number of benzene rings is 2. The molecule has 0 spiro atoms. The van der Waals surface area contributed by atoms with E-state index in [9.17, 15) is 13.6 Å². The first-order valence-electron chi connectivity index (χ1n) is 16.7. The SMILES string of the molecule is CCCC(C)C.CCCC(C)C.Cc1cc(Cl)cc2cc(C(=O)N3CC(c4ccc(F)cc4F)[C@H](CN4CCCC4)C3)[nH]c12. The molecule has 0 aliphatic carbocycles. The van der Waals surface area contributed by atoms with Crippen LogP contribution in [0.1, 0.15) is 108 Å². The molecule has 2 atom stereocenters. The van der Waals surface area contributed by atoms with E-state index >= 15 is 0 Å². The molecular weight excluding hydrogens is 576 g/mol. The zero-order valence-electron chi connectivity index (χ0n) is 28.0. The normalized spacial score (nSPS) is 18.5. The molecule has 0 saturated carbocycles. The Morgan fingerprint density at radius 2 is 1.59 bits per heavy atom. The monoisotopic (exact) mass is 629 g/mol. The van der Waals surface area contributed by atoms with E-state index in [1.54, 1.807) is 4.90 Å². The predicted octanol–water partition coefficient (Wildman–Crippen LogP) is 10.2. The maximum absolute atomic E-state index is 14.7. The number of fused-ring (bicyclic) bond motifs is 1. The molecule has 7 heteroatoms. The third-order valence-electron chi connectivity index (χ3n) is 8.63. The number of hydrogen-bond donors (Lipinski definition) is 1. The largest absolute Gasteiger partial charge is 0.350 e. The Bertz CT molecular complexity index is 1320. The maximum Gasteiger partial charge on any atom is 0.270 e. The van der Waals surface area contributed by atoms with Gasteiger partial charge in [-0.3, -0.25) is 4.79 Å². The lowest BCUT2D eigenvalue weighted by Gasteiger charge is -2.24. The standard InChI is InChI=1S/C25H26ClF2N3O.2C6H14/c1-15-8-18(26)9-16-10-23(29-24(15)16)25(32)31-13-17(12-30-6-2-3-7-30)21(14-31)20-5-4-19(27)11-22(20)28;2*1-4-5-6(2)3/h4-5,8-11,17,21,29H,2-3,6-7,12-14H2,1H3;2*6H,4-5H2,1-3H3/t17-,21?;;/m1../s1. The number of carbonyl (C=O) groups excluding carboxylic acids is 1. The summed E-state index contributed by atoms with van der Waals surface area (Å²) < 4.78 is 28.2. The van der Waals surface area contributed by atoms with E-state index in [2.05, 4.69) is 51.4 Å². The van der Waals surface area contributed by atoms with Gasteiger partial charge in [0.15, 0.2) is 0 Å². The number of nitrogens with zero attached hydrogens (tertiary/aromatic N) is 2. The van der Waals surface area contributed by atoms with Gasteiger partial charge < -0.3 is 14.8 Å². The number of aromatic nitrogens is 1. The maximum atomic E-state index is 14.7. The summed E-state index contributed by atoms with van der Waals surface area (Å²) in [7, 11) is 0. The number of nitrogens with one attached hydrogen (secondary N) is 1. The van der Waals surface area contributed by atoms with Crippen LogP contribution in [0.5, 0.6) is 0 Å². The fourth-order valence-electron chi connectivity index (χ4n) is 6.49. The van der Waals surface area contributed by atoms with Crippen molar-refractivity contribution < 1.29 is 13.6 Å². The minimum absolute atomic E-state index is 0.0950. The van der Waals surface area contributed by atoms with Gasteiger partial charge >= 0.3 is 0 Å². The molecule has 244 valence electrons. The first-order valence-corrected chi connectivity index (χ1v) is 17.1. The first-order chi connectivity index (χ1) is 20.9. The van der Waals surface area contributed by atoms with Gasteiger partial charge in [-0.25, -0.2) is 8.78 Å². The lowest BCUT2D eigenvalue weighted by atomic mass is 9.88. The van der Waals surface area contributed by atoms with Gasteiger partial charge in [0.05, 0.1) is 0 Å². The van der Waals surface area contributed by atoms with Gasteiger partial charge in [-0.05, 0) is 86.0 Å². The average molecular weight is 630 g/mol. The van der Waals surface area contributed by atoms with Gasteiger partial charge in [-0.15, -0.1) is 0 Å². The van der Waals surface area contributed by atoms with Crippen LogP contribution in [0.3, 0.4) is 0 Å². The van der Waals surface area contributed by atoms with Crippen LogP contribution < -0.4 is 0 Å². The van der Waals surface area contributed by atoms with E-state index in [0.29, 0.717) is 29.4 Å². The summed E-state index contributed by atoms with van der Waals surface area (Å²) in [6, 6.07) is 9.32. The fraction of sp³-hybridized carbons (Fsp3) is 0.595. The molecule has 2 fully saturated rings. The molecule has 2 saturated heterocycles. The molecule has 1 aromatic heterocycles. The number of aryl methyl sites for hydroxylation is 1. The Kier molecular flexibility index (Phi) is 14.2. The molecule has 3 aromatic rings. The van der Waals surface area contributed by atoms with Crippen LogP contribution >= 0.6 is 11.6 Å². The Balaban J connectivity index is 0.000000375. The number of likely N-dealkylation sites (tertiary alicyclic amines) is 2. The fourth-order valence-corrected chi connectivity index (χ4v) is 6.77. The number of aromatic amines is 1. The lowest BCUT2D eigenvalue weighted by Crippen LogP contribution is -2.32. The first kappa shape index (κ1) is 36.0. The van der Waals surface area contributed by atoms with Crippen LogP contribution in [0.25, 0.3) is 10.9 Å². The Morgan fingerprint density at radius 3 is 2.14 bits per heavy atom. The number of rotatable bonds is 8. The average Bonchev–Trinajstić information content (AvgIpc) is 3.70. The van der Waals surface area contributed by atoms with Crippen LogP contribution in [0, 0.1) is 36.3 Å². The predicted molar refractivity (Wildman–Crippen MR) is 182 cm³/mol. The van der Waals surface area contributed by atoms with Crippen molar-refractivity contribution >= 4 is 28.4 Å². The molecule has 1 N–H and O–H groups in total. The lowest BCUT2D eigenvalue weighted by molar-refractivity contribution is 0.0778. The van der Waals surface area contributed by atoms with E-state index in [-0.39, 0.29) is 17.7 Å². The van der Waals surface area contributed by atoms with Crippen LogP contribution in [-0.2, 0) is 0 Å². The van der Waals surface area contributed by atoms with Crippen molar-refractivity contribution in [3.63, 3.8) is 0 Å². The van der Waals surface area contributed by atoms with E-state index in [4.69, 9.17) is 11.6 Å². The van der Waals surface area contributed by atoms with Gasteiger partial charge in [-0.2, -0.15) is 0 Å². The molecule has 1 unspecified atom stereocenters. The summed E-state index contributed by atoms with van der Waals surface area (Å²) in [6.07, 6.45) is 7.75. The number of carbonyl (C=O) groups is 1. The highest BCUT2D eigenvalue weighted by atomic mass is 35.5. The van der Waals surface area contributed by atoms with Crippen LogP contribution in [0.15, 0.2) is 36.4 Å². The van der Waals surface area contributed by atoms with E-state index in [0.717, 1.165) is 54.0 Å². The quantitative estimate of drug-likeness (QED) is 0.269. The van der Waals surface area contributed by atoms with E-state index < -0.39 is 11.6 Å². The number of halogens is 3. The summed E-state index contributed by atoms with van der Waals surface area (Å²) in [4.78, 5) is 20.8. The van der Waals surface area contributed by atoms with Crippen molar-refractivity contribution in [1.29, 1.82) is 0 Å². The molecule has 1 amide bonds. The van der Waals surface area contributed by atoms with Crippen LogP contribution in [0.2, 0.25) is 5.02 Å². The van der Waals surface area contributed by atoms with Crippen molar-refractivity contribution in [3.8, 4) is 0 Å². The summed E-state index contributed by atoms with van der Waals surface area (Å²) in [5, 5.41) is 1.53. The minimum Gasteiger partial charge on any atom is -0.350 e. The summed E-state index contributed by atoms with van der Waals surface area (Å²) in [5.41, 5.74) is 2.87. The summed E-state index contributed by atoms with van der Waals surface area (Å²) >= 11 is 6.18. The summed E-state index contributed by atoms with van der Waals surface area (Å²) in [6.45, 7) is 19.2. The molecule has 2 aliphatic rings. The topological polar surface area (TPSA) is 39.3 Å². The van der Waals surface area contributed by atoms with Crippen LogP contribution in [0.4, 0.5) is 8.78 Å². The molecule has 5 rings (SSSR count). The van der Waals surface area contributed by atoms with Crippen molar-refractivity contribution in [3.05, 3.63) is 69.9 Å². The van der Waals surface area contributed by atoms with Crippen LogP contribution in [-0.4, -0.2) is 53.4 Å². The Hall–Kier alpha value is -2.44. The number of hydrogen-bond acceptors (Lipinski definition) is 2. The zero-order chi connectivity index (χ0) is 32.4. The third-order valence-corrected chi connectivity index (χ3v) is 8.85. The van der Waals surface area contributed by atoms with Gasteiger partial charge in [0.2, 0.25) is 0 Å². The minimum atomic E-state index is -0.583. The molecular formula is C37H54ClF2N3O. The molecule has 0 radical (unpaired) electrons. The second-order valence-corrected chi connectivity index (χ2v) is 13.9. The smallest absolute Gasteiger partial charge is 0.270 e. The third kappa shape index (κ3) is 10.3. The summed E-state index contributed by atoms with van der Waals surface area (Å²) in [5.74, 6) is 0.503. The zero-order valence-corrected chi connectivity index (χ0v) is 28.7. The number of H-pyrrole nitrogens is 1. The number of amides is 1. The Morgan fingerprint density at radius 1 is 0.955 bits per heavy atom. The highest BCUT2D eigenvalue weighted by molar-refractivity contribution is 6.31. The van der Waals surface area contributed by atoms with Crippen molar-refractivity contribution in [1.82, 2.24) is 14.8 Å². The van der Waals surface area contributed by atoms with Gasteiger partial charge in [-0.1, -0.05) is 84.9 Å². The van der Waals surface area contributed by atoms with Gasteiger partial charge in [0, 0.05) is 47.5 Å². The molecule has 44 heavy (non-hydrogen) atoms. The highest BCUT2D eigenvalue weighted by Gasteiger charge is 2.39. The van der Waals surface area contributed by atoms with E-state index in [1.807, 2.05) is 25.1 Å². The van der Waals surface area contributed by atoms with Crippen molar-refractivity contribution in [2.24, 2.45) is 17.8 Å². The highest BCUT2D eigenvalue weighted by Crippen LogP contribution is 2.36. The van der Waals surface area contributed by atoms with Crippen molar-refractivity contribution in [2.75, 3.05) is 32.7 Å². The molecule has 4 nitrogen and oxygen atoms in total. The van der Waals surface area contributed by atoms with E-state index in [1.165, 1.54) is 50.7 Å². The molecule has 3 heterocycles. The van der Waals surface area contributed by atoms with Gasteiger partial charge in [0.1, 0.15) is 17.3 Å². The molecule has 2 aromatic carbocycles. The Labute approximate surface area is 269 Å². The second-order valence-electron chi connectivity index (χ2n) is 13.5.